The molecule has 0 radical (unpaired) electrons. The molecule has 2 unspecified atom stereocenters. The van der Waals surface area contributed by atoms with E-state index in [1.165, 1.54) is 10.9 Å². The number of carbonyl (C=O) groups is 2. The quantitative estimate of drug-likeness (QED) is 0.568. The Morgan fingerprint density at radius 2 is 2.14 bits per heavy atom. The van der Waals surface area contributed by atoms with Crippen molar-refractivity contribution in [2.75, 3.05) is 20.6 Å². The van der Waals surface area contributed by atoms with Crippen LogP contribution in [0.4, 0.5) is 8.78 Å². The summed E-state index contributed by atoms with van der Waals surface area (Å²) in [5.74, 6) is 1.57. The second-order valence-corrected chi connectivity index (χ2v) is 7.45. The van der Waals surface area contributed by atoms with Crippen LogP contribution in [-0.2, 0) is 4.79 Å². The summed E-state index contributed by atoms with van der Waals surface area (Å²) in [7, 11) is 3.65. The van der Waals surface area contributed by atoms with E-state index in [0.29, 0.717) is 30.4 Å². The van der Waals surface area contributed by atoms with Crippen molar-refractivity contribution in [2.45, 2.75) is 30.3 Å². The maximum absolute atomic E-state index is 13.4. The van der Waals surface area contributed by atoms with Crippen LogP contribution in [0.1, 0.15) is 40.4 Å². The molecule has 29 heavy (non-hydrogen) atoms. The minimum Gasteiger partial charge on any atom is -0.371 e. The largest absolute Gasteiger partial charge is 0.371 e. The highest BCUT2D eigenvalue weighted by atomic mass is 19.3. The SMILES string of the molecule is CN(C)CCC(O)(C#Cc1cccc(-n2cc(C3CC3(F)F)c(C=O)n2)c1)C=O. The highest BCUT2D eigenvalue weighted by Crippen LogP contribution is 2.56. The summed E-state index contributed by atoms with van der Waals surface area (Å²) in [6.07, 6.45) is 2.19. The first-order valence-corrected chi connectivity index (χ1v) is 9.07. The van der Waals surface area contributed by atoms with Crippen LogP contribution in [0, 0.1) is 11.8 Å². The Bertz CT molecular complexity index is 991. The second-order valence-electron chi connectivity index (χ2n) is 7.45. The number of rotatable bonds is 7. The van der Waals surface area contributed by atoms with Crippen LogP contribution in [0.2, 0.25) is 0 Å². The summed E-state index contributed by atoms with van der Waals surface area (Å²) in [5, 5.41) is 14.4. The zero-order chi connectivity index (χ0) is 21.2. The fraction of sp³-hybridized carbons (Fsp3) is 0.381. The molecule has 1 aliphatic carbocycles. The molecule has 0 spiro atoms. The molecular formula is C21H21F2N3O3. The molecule has 1 aliphatic rings. The van der Waals surface area contributed by atoms with Crippen molar-refractivity contribution in [3.63, 3.8) is 0 Å². The van der Waals surface area contributed by atoms with Crippen LogP contribution in [0.3, 0.4) is 0 Å². The first-order valence-electron chi connectivity index (χ1n) is 9.07. The molecule has 8 heteroatoms. The van der Waals surface area contributed by atoms with E-state index >= 15 is 0 Å². The predicted octanol–water partition coefficient (Wildman–Crippen LogP) is 2.04. The maximum Gasteiger partial charge on any atom is 0.256 e. The molecule has 2 aromatic rings. The minimum absolute atomic E-state index is 0.0114. The van der Waals surface area contributed by atoms with Crippen LogP contribution < -0.4 is 0 Å². The highest BCUT2D eigenvalue weighted by Gasteiger charge is 2.58. The van der Waals surface area contributed by atoms with Gasteiger partial charge in [0.1, 0.15) is 5.69 Å². The van der Waals surface area contributed by atoms with Gasteiger partial charge in [-0.3, -0.25) is 9.59 Å². The van der Waals surface area contributed by atoms with Gasteiger partial charge < -0.3 is 10.0 Å². The van der Waals surface area contributed by atoms with E-state index < -0.39 is 17.4 Å². The molecule has 0 saturated heterocycles. The van der Waals surface area contributed by atoms with Crippen molar-refractivity contribution in [3.8, 4) is 17.5 Å². The van der Waals surface area contributed by atoms with Crippen LogP contribution >= 0.6 is 0 Å². The smallest absolute Gasteiger partial charge is 0.256 e. The monoisotopic (exact) mass is 401 g/mol. The molecule has 1 fully saturated rings. The van der Waals surface area contributed by atoms with Gasteiger partial charge in [0.25, 0.3) is 5.92 Å². The van der Waals surface area contributed by atoms with Gasteiger partial charge in [-0.05, 0) is 32.3 Å². The van der Waals surface area contributed by atoms with Crippen LogP contribution in [0.5, 0.6) is 0 Å². The van der Waals surface area contributed by atoms with Gasteiger partial charge in [0.2, 0.25) is 0 Å². The molecule has 1 N–H and O–H groups in total. The Labute approximate surface area is 167 Å². The van der Waals surface area contributed by atoms with E-state index in [1.807, 2.05) is 19.0 Å². The van der Waals surface area contributed by atoms with E-state index in [2.05, 4.69) is 16.9 Å². The lowest BCUT2D eigenvalue weighted by molar-refractivity contribution is -0.119. The molecule has 3 rings (SSSR count). The third-order valence-electron chi connectivity index (χ3n) is 4.75. The van der Waals surface area contributed by atoms with Crippen LogP contribution in [0.25, 0.3) is 5.69 Å². The Morgan fingerprint density at radius 3 is 2.72 bits per heavy atom. The summed E-state index contributed by atoms with van der Waals surface area (Å²) >= 11 is 0. The molecule has 0 amide bonds. The van der Waals surface area contributed by atoms with Gasteiger partial charge in [0, 0.05) is 36.7 Å². The molecule has 152 valence electrons. The van der Waals surface area contributed by atoms with Crippen molar-refractivity contribution in [2.24, 2.45) is 0 Å². The van der Waals surface area contributed by atoms with Crippen molar-refractivity contribution < 1.29 is 23.5 Å². The van der Waals surface area contributed by atoms with E-state index in [4.69, 9.17) is 0 Å². The number of aldehydes is 2. The number of aliphatic hydroxyl groups is 1. The first kappa shape index (κ1) is 20.8. The number of benzene rings is 1. The van der Waals surface area contributed by atoms with Gasteiger partial charge in [-0.15, -0.1) is 0 Å². The van der Waals surface area contributed by atoms with Gasteiger partial charge in [0.15, 0.2) is 18.2 Å². The molecule has 1 saturated carbocycles. The molecule has 0 aliphatic heterocycles. The van der Waals surface area contributed by atoms with Crippen molar-refractivity contribution in [1.82, 2.24) is 14.7 Å². The lowest BCUT2D eigenvalue weighted by Gasteiger charge is -2.17. The van der Waals surface area contributed by atoms with Gasteiger partial charge in [-0.1, -0.05) is 17.9 Å². The number of aromatic nitrogens is 2. The molecule has 2 atom stereocenters. The van der Waals surface area contributed by atoms with Crippen molar-refractivity contribution in [1.29, 1.82) is 0 Å². The lowest BCUT2D eigenvalue weighted by Crippen LogP contribution is -2.33. The third-order valence-corrected chi connectivity index (χ3v) is 4.75. The average Bonchev–Trinajstić information content (AvgIpc) is 3.14. The van der Waals surface area contributed by atoms with Crippen molar-refractivity contribution in [3.05, 3.63) is 47.3 Å². The summed E-state index contributed by atoms with van der Waals surface area (Å²) in [6.45, 7) is 0.486. The fourth-order valence-corrected chi connectivity index (χ4v) is 2.90. The molecule has 6 nitrogen and oxygen atoms in total. The zero-order valence-electron chi connectivity index (χ0n) is 16.1. The molecule has 1 aromatic carbocycles. The standard InChI is InChI=1S/C21H21F2N3O3/c1-25(2)9-8-20(29,14-28)7-6-15-4-3-5-16(10-15)26-12-17(19(13-27)24-26)18-11-21(18,22)23/h3-5,10,12-14,18,29H,8-9,11H2,1-2H3. The summed E-state index contributed by atoms with van der Waals surface area (Å²) in [6, 6.07) is 6.71. The molecule has 1 aromatic heterocycles. The lowest BCUT2D eigenvalue weighted by atomic mass is 10.0. The minimum atomic E-state index is -2.80. The van der Waals surface area contributed by atoms with Gasteiger partial charge in [-0.2, -0.15) is 5.10 Å². The van der Waals surface area contributed by atoms with Crippen molar-refractivity contribution >= 4 is 12.6 Å². The van der Waals surface area contributed by atoms with Gasteiger partial charge >= 0.3 is 0 Å². The third kappa shape index (κ3) is 4.75. The van der Waals surface area contributed by atoms with E-state index in [9.17, 15) is 23.5 Å². The average molecular weight is 401 g/mol. The Balaban J connectivity index is 1.86. The zero-order valence-corrected chi connectivity index (χ0v) is 16.1. The van der Waals surface area contributed by atoms with E-state index in [0.717, 1.165) is 0 Å². The Morgan fingerprint density at radius 1 is 1.41 bits per heavy atom. The molecule has 0 bridgehead atoms. The second kappa shape index (κ2) is 7.85. The number of hydrogen-bond donors (Lipinski definition) is 1. The van der Waals surface area contributed by atoms with E-state index in [-0.39, 0.29) is 24.1 Å². The number of carbonyl (C=O) groups excluding carboxylic acids is 2. The molecule has 1 heterocycles. The Hall–Kier alpha value is -2.89. The van der Waals surface area contributed by atoms with Crippen LogP contribution in [0.15, 0.2) is 30.5 Å². The highest BCUT2D eigenvalue weighted by molar-refractivity contribution is 5.75. The summed E-state index contributed by atoms with van der Waals surface area (Å²) < 4.78 is 28.2. The first-order chi connectivity index (χ1) is 13.7. The van der Waals surface area contributed by atoms with Gasteiger partial charge in [0.05, 0.1) is 11.6 Å². The van der Waals surface area contributed by atoms with Crippen LogP contribution in [-0.4, -0.2) is 64.5 Å². The Kier molecular flexibility index (Phi) is 5.64. The van der Waals surface area contributed by atoms with Gasteiger partial charge in [-0.25, -0.2) is 13.5 Å². The number of alkyl halides is 2. The molecular weight excluding hydrogens is 380 g/mol. The topological polar surface area (TPSA) is 75.4 Å². The number of halogens is 2. The summed E-state index contributed by atoms with van der Waals surface area (Å²) in [4.78, 5) is 24.3. The number of hydrogen-bond acceptors (Lipinski definition) is 5. The predicted molar refractivity (Wildman–Crippen MR) is 102 cm³/mol. The normalized spacial score (nSPS) is 19.2. The fourth-order valence-electron chi connectivity index (χ4n) is 2.90. The number of nitrogens with zero attached hydrogens (tertiary/aromatic N) is 3. The maximum atomic E-state index is 13.4. The van der Waals surface area contributed by atoms with E-state index in [1.54, 1.807) is 24.3 Å². The summed E-state index contributed by atoms with van der Waals surface area (Å²) in [5.41, 5.74) is -0.517.